The van der Waals surface area contributed by atoms with Gasteiger partial charge in [-0.05, 0) is 24.8 Å². The lowest BCUT2D eigenvalue weighted by molar-refractivity contribution is 0.546. The summed E-state index contributed by atoms with van der Waals surface area (Å²) in [7, 11) is 0. The molecule has 0 spiro atoms. The van der Waals surface area contributed by atoms with E-state index < -0.39 is 0 Å². The van der Waals surface area contributed by atoms with Gasteiger partial charge in [0.15, 0.2) is 5.82 Å². The minimum atomic E-state index is 0.835. The van der Waals surface area contributed by atoms with Crippen molar-refractivity contribution in [3.8, 4) is 10.7 Å². The Morgan fingerprint density at radius 3 is 2.07 bits per heavy atom. The third-order valence-electron chi connectivity index (χ3n) is 4.93. The van der Waals surface area contributed by atoms with Crippen molar-refractivity contribution in [3.63, 3.8) is 0 Å². The molecule has 2 rings (SSSR count). The number of nitrogens with one attached hydrogen (secondary N) is 1. The van der Waals surface area contributed by atoms with E-state index >= 15 is 0 Å². The minimum absolute atomic E-state index is 0.835. The average Bonchev–Trinajstić information content (AvgIpc) is 3.20. The molecular formula is C23H37N3S. The normalized spacial score (nSPS) is 11.0. The van der Waals surface area contributed by atoms with Gasteiger partial charge < -0.3 is 5.32 Å². The molecule has 0 radical (unpaired) electrons. The maximum absolute atomic E-state index is 4.66. The molecule has 0 amide bonds. The third kappa shape index (κ3) is 9.37. The maximum atomic E-state index is 4.66. The van der Waals surface area contributed by atoms with Crippen LogP contribution in [0.4, 0.5) is 5.82 Å². The Morgan fingerprint density at radius 1 is 0.852 bits per heavy atom. The zero-order valence-corrected chi connectivity index (χ0v) is 18.1. The fourth-order valence-corrected chi connectivity index (χ4v) is 4.02. The molecule has 2 heterocycles. The van der Waals surface area contributed by atoms with Gasteiger partial charge in [0, 0.05) is 18.3 Å². The van der Waals surface area contributed by atoms with Crippen LogP contribution in [0.15, 0.2) is 23.6 Å². The van der Waals surface area contributed by atoms with Gasteiger partial charge in [0.2, 0.25) is 0 Å². The zero-order valence-electron chi connectivity index (χ0n) is 17.3. The van der Waals surface area contributed by atoms with Crippen LogP contribution in [-0.2, 0) is 0 Å². The number of aromatic nitrogens is 2. The Hall–Kier alpha value is -1.42. The van der Waals surface area contributed by atoms with Gasteiger partial charge >= 0.3 is 0 Å². The highest BCUT2D eigenvalue weighted by Crippen LogP contribution is 2.22. The first-order valence-corrected chi connectivity index (χ1v) is 11.8. The molecule has 0 saturated carbocycles. The molecule has 27 heavy (non-hydrogen) atoms. The lowest BCUT2D eigenvalue weighted by atomic mass is 10.1. The summed E-state index contributed by atoms with van der Waals surface area (Å²) >= 11 is 1.69. The van der Waals surface area contributed by atoms with E-state index in [0.717, 1.165) is 28.8 Å². The molecule has 0 aliphatic heterocycles. The van der Waals surface area contributed by atoms with E-state index in [4.69, 9.17) is 0 Å². The van der Waals surface area contributed by atoms with Crippen molar-refractivity contribution >= 4 is 17.2 Å². The molecule has 0 unspecified atom stereocenters. The number of hydrogen-bond donors (Lipinski definition) is 1. The largest absolute Gasteiger partial charge is 0.370 e. The van der Waals surface area contributed by atoms with Crippen LogP contribution in [0.3, 0.4) is 0 Å². The van der Waals surface area contributed by atoms with Crippen LogP contribution in [0.25, 0.3) is 10.7 Å². The number of thiophene rings is 1. The molecule has 0 saturated heterocycles. The average molecular weight is 388 g/mol. The summed E-state index contributed by atoms with van der Waals surface area (Å²) in [5, 5.41) is 5.55. The molecule has 0 atom stereocenters. The van der Waals surface area contributed by atoms with Gasteiger partial charge in [0.05, 0.1) is 4.88 Å². The third-order valence-corrected chi connectivity index (χ3v) is 5.80. The predicted molar refractivity (Wildman–Crippen MR) is 120 cm³/mol. The van der Waals surface area contributed by atoms with Gasteiger partial charge in [0.25, 0.3) is 0 Å². The second-order valence-electron chi connectivity index (χ2n) is 7.51. The van der Waals surface area contributed by atoms with Gasteiger partial charge in [0.1, 0.15) is 5.82 Å². The lowest BCUT2D eigenvalue weighted by Crippen LogP contribution is -2.05. The van der Waals surface area contributed by atoms with Crippen LogP contribution < -0.4 is 5.32 Å². The van der Waals surface area contributed by atoms with Crippen molar-refractivity contribution in [1.82, 2.24) is 9.97 Å². The van der Waals surface area contributed by atoms with Crippen LogP contribution in [0.5, 0.6) is 0 Å². The highest BCUT2D eigenvalue weighted by molar-refractivity contribution is 7.13. The summed E-state index contributed by atoms with van der Waals surface area (Å²) in [6, 6.07) is 6.16. The second kappa shape index (κ2) is 13.7. The SMILES string of the molecule is CCCCCCCCCCCCCCNc1cc(C)nc(-c2cccs2)n1. The lowest BCUT2D eigenvalue weighted by Gasteiger charge is -2.08. The Morgan fingerprint density at radius 2 is 1.48 bits per heavy atom. The summed E-state index contributed by atoms with van der Waals surface area (Å²) in [6.45, 7) is 5.32. The quantitative estimate of drug-likeness (QED) is 0.319. The van der Waals surface area contributed by atoms with Crippen LogP contribution in [0.2, 0.25) is 0 Å². The predicted octanol–water partition coefficient (Wildman–Crippen LogP) is 7.63. The van der Waals surface area contributed by atoms with Crippen LogP contribution in [0, 0.1) is 6.92 Å². The first-order valence-electron chi connectivity index (χ1n) is 10.9. The smallest absolute Gasteiger partial charge is 0.171 e. The molecule has 0 aliphatic rings. The molecule has 2 aromatic rings. The number of unbranched alkanes of at least 4 members (excludes halogenated alkanes) is 11. The summed E-state index contributed by atoms with van der Waals surface area (Å²) in [5.74, 6) is 1.79. The number of nitrogens with zero attached hydrogens (tertiary/aromatic N) is 2. The summed E-state index contributed by atoms with van der Waals surface area (Å²) in [6.07, 6.45) is 16.6. The van der Waals surface area contributed by atoms with Crippen molar-refractivity contribution in [2.45, 2.75) is 90.9 Å². The standard InChI is InChI=1S/C23H37N3S/c1-3-4-5-6-7-8-9-10-11-12-13-14-17-24-22-19-20(2)25-23(26-22)21-16-15-18-27-21/h15-16,18-19H,3-14,17H2,1-2H3,(H,24,25,26). The van der Waals surface area contributed by atoms with E-state index in [2.05, 4.69) is 33.7 Å². The van der Waals surface area contributed by atoms with Crippen LogP contribution >= 0.6 is 11.3 Å². The number of aryl methyl sites for hydroxylation is 1. The Kier molecular flexibility index (Phi) is 11.1. The van der Waals surface area contributed by atoms with Gasteiger partial charge in [-0.1, -0.05) is 83.6 Å². The van der Waals surface area contributed by atoms with Crippen LogP contribution in [0.1, 0.15) is 89.7 Å². The Labute approximate surface area is 170 Å². The molecular weight excluding hydrogens is 350 g/mol. The number of rotatable bonds is 15. The molecule has 4 heteroatoms. The van der Waals surface area contributed by atoms with E-state index in [0.29, 0.717) is 0 Å². The van der Waals surface area contributed by atoms with E-state index in [1.54, 1.807) is 11.3 Å². The second-order valence-corrected chi connectivity index (χ2v) is 8.46. The maximum Gasteiger partial charge on any atom is 0.171 e. The number of anilines is 1. The topological polar surface area (TPSA) is 37.8 Å². The molecule has 0 bridgehead atoms. The first-order chi connectivity index (χ1) is 13.3. The molecule has 0 aromatic carbocycles. The first kappa shape index (κ1) is 21.9. The molecule has 3 nitrogen and oxygen atoms in total. The monoisotopic (exact) mass is 387 g/mol. The summed E-state index contributed by atoms with van der Waals surface area (Å²) in [4.78, 5) is 10.3. The van der Waals surface area contributed by atoms with Gasteiger partial charge in [-0.2, -0.15) is 0 Å². The zero-order chi connectivity index (χ0) is 19.2. The van der Waals surface area contributed by atoms with Crippen molar-refractivity contribution in [1.29, 1.82) is 0 Å². The van der Waals surface area contributed by atoms with Crippen molar-refractivity contribution in [2.24, 2.45) is 0 Å². The minimum Gasteiger partial charge on any atom is -0.370 e. The Balaban J connectivity index is 1.50. The fraction of sp³-hybridized carbons (Fsp3) is 0.652. The Bertz CT molecular complexity index is 610. The van der Waals surface area contributed by atoms with E-state index in [-0.39, 0.29) is 0 Å². The van der Waals surface area contributed by atoms with Crippen molar-refractivity contribution in [2.75, 3.05) is 11.9 Å². The van der Waals surface area contributed by atoms with Crippen LogP contribution in [-0.4, -0.2) is 16.5 Å². The fourth-order valence-electron chi connectivity index (χ4n) is 3.36. The highest BCUT2D eigenvalue weighted by atomic mass is 32.1. The summed E-state index contributed by atoms with van der Waals surface area (Å²) in [5.41, 5.74) is 1.02. The highest BCUT2D eigenvalue weighted by Gasteiger charge is 2.05. The molecule has 2 aromatic heterocycles. The van der Waals surface area contributed by atoms with E-state index in [1.807, 2.05) is 19.1 Å². The summed E-state index contributed by atoms with van der Waals surface area (Å²) < 4.78 is 0. The van der Waals surface area contributed by atoms with Crippen molar-refractivity contribution in [3.05, 3.63) is 29.3 Å². The number of hydrogen-bond acceptors (Lipinski definition) is 4. The van der Waals surface area contributed by atoms with Gasteiger partial charge in [-0.25, -0.2) is 9.97 Å². The van der Waals surface area contributed by atoms with Crippen molar-refractivity contribution < 1.29 is 0 Å². The molecule has 0 fully saturated rings. The molecule has 1 N–H and O–H groups in total. The van der Waals surface area contributed by atoms with Gasteiger partial charge in [-0.3, -0.25) is 0 Å². The molecule has 150 valence electrons. The van der Waals surface area contributed by atoms with Gasteiger partial charge in [-0.15, -0.1) is 11.3 Å². The van der Waals surface area contributed by atoms with E-state index in [1.165, 1.54) is 77.0 Å². The molecule has 0 aliphatic carbocycles. The van der Waals surface area contributed by atoms with E-state index in [9.17, 15) is 0 Å².